The Bertz CT molecular complexity index is 459. The highest BCUT2D eigenvalue weighted by atomic mass is 35.5. The van der Waals surface area contributed by atoms with Crippen molar-refractivity contribution in [2.75, 3.05) is 18.7 Å². The van der Waals surface area contributed by atoms with Gasteiger partial charge < -0.3 is 4.90 Å². The number of halogens is 1. The second-order valence-corrected chi connectivity index (χ2v) is 11.8. The van der Waals surface area contributed by atoms with Crippen molar-refractivity contribution < 1.29 is 4.79 Å². The topological polar surface area (TPSA) is 20.3 Å². The molecule has 0 saturated heterocycles. The van der Waals surface area contributed by atoms with Crippen molar-refractivity contribution in [1.29, 1.82) is 0 Å². The zero-order chi connectivity index (χ0) is 14.6. The molecule has 1 rings (SSSR count). The lowest BCUT2D eigenvalue weighted by molar-refractivity contribution is 0.0795. The molecule has 106 valence electrons. The average Bonchev–Trinajstić information content (AvgIpc) is 2.33. The summed E-state index contributed by atoms with van der Waals surface area (Å²) < 4.78 is 0. The molecule has 0 saturated carbocycles. The van der Waals surface area contributed by atoms with Crippen molar-refractivity contribution in [1.82, 2.24) is 4.90 Å². The maximum absolute atomic E-state index is 12.7. The molecule has 1 amide bonds. The van der Waals surface area contributed by atoms with E-state index in [0.29, 0.717) is 23.0 Å². The number of carbonyl (C=O) groups is 1. The number of hydrogen-bond donors (Lipinski definition) is 0. The summed E-state index contributed by atoms with van der Waals surface area (Å²) in [6.45, 7) is 9.41. The van der Waals surface area contributed by atoms with Crippen LogP contribution in [0, 0.1) is 0 Å². The predicted molar refractivity (Wildman–Crippen MR) is 89.5 cm³/mol. The Kier molecular flexibility index (Phi) is 5.96. The van der Waals surface area contributed by atoms with Crippen LogP contribution in [0.2, 0.25) is 24.7 Å². The molecule has 5 heteroatoms. The van der Waals surface area contributed by atoms with E-state index in [9.17, 15) is 4.79 Å². The summed E-state index contributed by atoms with van der Waals surface area (Å²) in [5.41, 5.74) is 0.708. The largest absolute Gasteiger partial charge is 0.330 e. The molecule has 0 unspecified atom stereocenters. The summed E-state index contributed by atoms with van der Waals surface area (Å²) in [5.74, 6) is 0.756. The van der Waals surface area contributed by atoms with E-state index in [1.165, 1.54) is 0 Å². The molecule has 2 nitrogen and oxygen atoms in total. The third-order valence-corrected chi connectivity index (χ3v) is 5.91. The highest BCUT2D eigenvalue weighted by Crippen LogP contribution is 2.20. The minimum atomic E-state index is -1.59. The Morgan fingerprint density at radius 1 is 1.37 bits per heavy atom. The van der Waals surface area contributed by atoms with Gasteiger partial charge in [0.05, 0.1) is 24.5 Å². The van der Waals surface area contributed by atoms with Gasteiger partial charge in [0.2, 0.25) is 0 Å². The van der Waals surface area contributed by atoms with Crippen molar-refractivity contribution in [3.8, 4) is 0 Å². The SMILES string of the molecule is CCN(CSC)C(=O)c1c(Cl)cccc1[Si](C)(C)C. The van der Waals surface area contributed by atoms with Crippen LogP contribution in [0.3, 0.4) is 0 Å². The third kappa shape index (κ3) is 4.00. The Balaban J connectivity index is 3.29. The van der Waals surface area contributed by atoms with Crippen LogP contribution in [0.25, 0.3) is 0 Å². The van der Waals surface area contributed by atoms with E-state index < -0.39 is 8.07 Å². The van der Waals surface area contributed by atoms with E-state index in [1.54, 1.807) is 11.8 Å². The molecule has 0 N–H and O–H groups in total. The van der Waals surface area contributed by atoms with Crippen LogP contribution in [0.1, 0.15) is 17.3 Å². The molecule has 1 aromatic rings. The lowest BCUT2D eigenvalue weighted by Gasteiger charge is -2.26. The molecule has 0 aliphatic rings. The molecule has 0 aliphatic heterocycles. The van der Waals surface area contributed by atoms with Gasteiger partial charge in [0.25, 0.3) is 5.91 Å². The molecular formula is C14H22ClNOSSi. The quantitative estimate of drug-likeness (QED) is 0.610. The second-order valence-electron chi connectivity index (χ2n) is 5.49. The normalized spacial score (nSPS) is 11.5. The van der Waals surface area contributed by atoms with Crippen LogP contribution in [0.5, 0.6) is 0 Å². The molecule has 0 spiro atoms. The summed E-state index contributed by atoms with van der Waals surface area (Å²) in [6, 6.07) is 5.81. The average molecular weight is 316 g/mol. The van der Waals surface area contributed by atoms with Crippen LogP contribution >= 0.6 is 23.4 Å². The highest BCUT2D eigenvalue weighted by molar-refractivity contribution is 7.98. The molecule has 0 fully saturated rings. The van der Waals surface area contributed by atoms with E-state index in [1.807, 2.05) is 30.2 Å². The fourth-order valence-corrected chi connectivity index (χ4v) is 4.51. The zero-order valence-electron chi connectivity index (χ0n) is 12.3. The van der Waals surface area contributed by atoms with Crippen LogP contribution < -0.4 is 5.19 Å². The third-order valence-electron chi connectivity index (χ3n) is 2.99. The van der Waals surface area contributed by atoms with Crippen molar-refractivity contribution >= 4 is 42.5 Å². The number of carbonyl (C=O) groups excluding carboxylic acids is 1. The van der Waals surface area contributed by atoms with Gasteiger partial charge in [-0.3, -0.25) is 4.79 Å². The van der Waals surface area contributed by atoms with E-state index in [-0.39, 0.29) is 5.91 Å². The Hall–Kier alpha value is -0.453. The van der Waals surface area contributed by atoms with E-state index in [2.05, 4.69) is 25.7 Å². The van der Waals surface area contributed by atoms with Crippen molar-refractivity contribution in [3.05, 3.63) is 28.8 Å². The van der Waals surface area contributed by atoms with Crippen LogP contribution in [-0.4, -0.2) is 37.6 Å². The van der Waals surface area contributed by atoms with Gasteiger partial charge in [0, 0.05) is 6.54 Å². The molecule has 0 aliphatic carbocycles. The molecule has 0 bridgehead atoms. The first kappa shape index (κ1) is 16.6. The van der Waals surface area contributed by atoms with Crippen molar-refractivity contribution in [3.63, 3.8) is 0 Å². The zero-order valence-corrected chi connectivity index (χ0v) is 14.9. The molecule has 1 aromatic carbocycles. The summed E-state index contributed by atoms with van der Waals surface area (Å²) in [5, 5.41) is 1.72. The van der Waals surface area contributed by atoms with E-state index in [0.717, 1.165) is 5.19 Å². The van der Waals surface area contributed by atoms with Crippen molar-refractivity contribution in [2.45, 2.75) is 26.6 Å². The fraction of sp³-hybridized carbons (Fsp3) is 0.500. The lowest BCUT2D eigenvalue weighted by atomic mass is 10.2. The van der Waals surface area contributed by atoms with Gasteiger partial charge in [0.1, 0.15) is 0 Å². The summed E-state index contributed by atoms with van der Waals surface area (Å²) in [6.07, 6.45) is 2.00. The van der Waals surface area contributed by atoms with Gasteiger partial charge in [-0.15, -0.1) is 11.8 Å². The van der Waals surface area contributed by atoms with E-state index in [4.69, 9.17) is 11.6 Å². The number of rotatable bonds is 5. The summed E-state index contributed by atoms with van der Waals surface area (Å²) >= 11 is 7.95. The first-order valence-electron chi connectivity index (χ1n) is 6.40. The standard InChI is InChI=1S/C14H22ClNOSSi/c1-6-16(10-18-2)14(17)13-11(15)8-7-9-12(13)19(3,4)5/h7-9H,6,10H2,1-5H3. The van der Waals surface area contributed by atoms with Gasteiger partial charge >= 0.3 is 0 Å². The highest BCUT2D eigenvalue weighted by Gasteiger charge is 2.27. The fourth-order valence-electron chi connectivity index (χ4n) is 1.97. The first-order chi connectivity index (χ1) is 8.82. The monoisotopic (exact) mass is 315 g/mol. The van der Waals surface area contributed by atoms with Crippen molar-refractivity contribution in [2.24, 2.45) is 0 Å². The smallest absolute Gasteiger partial charge is 0.255 e. The van der Waals surface area contributed by atoms with Crippen LogP contribution in [-0.2, 0) is 0 Å². The molecule has 0 atom stereocenters. The molecule has 0 aromatic heterocycles. The van der Waals surface area contributed by atoms with Crippen LogP contribution in [0.15, 0.2) is 18.2 Å². The summed E-state index contributed by atoms with van der Waals surface area (Å²) in [4.78, 5) is 14.5. The Morgan fingerprint density at radius 2 is 2.00 bits per heavy atom. The number of nitrogens with zero attached hydrogens (tertiary/aromatic N) is 1. The number of amides is 1. The van der Waals surface area contributed by atoms with E-state index >= 15 is 0 Å². The predicted octanol–water partition coefficient (Wildman–Crippen LogP) is 3.67. The molecular weight excluding hydrogens is 294 g/mol. The van der Waals surface area contributed by atoms with Gasteiger partial charge in [-0.05, 0) is 24.4 Å². The minimum Gasteiger partial charge on any atom is -0.330 e. The maximum atomic E-state index is 12.7. The van der Waals surface area contributed by atoms with Gasteiger partial charge in [-0.1, -0.05) is 43.4 Å². The van der Waals surface area contributed by atoms with Crippen LogP contribution in [0.4, 0.5) is 0 Å². The summed E-state index contributed by atoms with van der Waals surface area (Å²) in [7, 11) is -1.59. The molecule has 19 heavy (non-hydrogen) atoms. The number of hydrogen-bond acceptors (Lipinski definition) is 2. The molecule has 0 heterocycles. The molecule has 0 radical (unpaired) electrons. The second kappa shape index (κ2) is 6.82. The van der Waals surface area contributed by atoms with Gasteiger partial charge in [0.15, 0.2) is 0 Å². The Morgan fingerprint density at radius 3 is 2.47 bits per heavy atom. The Labute approximate surface area is 126 Å². The minimum absolute atomic E-state index is 0.0554. The number of thioether (sulfide) groups is 1. The van der Waals surface area contributed by atoms with Gasteiger partial charge in [-0.25, -0.2) is 0 Å². The van der Waals surface area contributed by atoms with Gasteiger partial charge in [-0.2, -0.15) is 0 Å². The first-order valence-corrected chi connectivity index (χ1v) is 11.7. The lowest BCUT2D eigenvalue weighted by Crippen LogP contribution is -2.44. The maximum Gasteiger partial charge on any atom is 0.255 e. The number of benzene rings is 1.